The summed E-state index contributed by atoms with van der Waals surface area (Å²) in [6.07, 6.45) is 4.83. The van der Waals surface area contributed by atoms with Gasteiger partial charge in [0.15, 0.2) is 0 Å². The molecule has 0 radical (unpaired) electrons. The van der Waals surface area contributed by atoms with E-state index in [1.165, 1.54) is 5.69 Å². The van der Waals surface area contributed by atoms with Gasteiger partial charge in [-0.15, -0.1) is 0 Å². The second-order valence-corrected chi connectivity index (χ2v) is 4.81. The molecular weight excluding hydrogens is 238 g/mol. The monoisotopic (exact) mass is 259 g/mol. The maximum atomic E-state index is 8.78. The van der Waals surface area contributed by atoms with E-state index in [0.717, 1.165) is 42.4 Å². The van der Waals surface area contributed by atoms with Crippen LogP contribution < -0.4 is 10.6 Å². The van der Waals surface area contributed by atoms with Gasteiger partial charge in [-0.3, -0.25) is 4.98 Å². The average molecular weight is 259 g/mol. The van der Waals surface area contributed by atoms with E-state index in [9.17, 15) is 0 Å². The van der Waals surface area contributed by atoms with Gasteiger partial charge >= 0.3 is 0 Å². The van der Waals surface area contributed by atoms with Gasteiger partial charge < -0.3 is 15.7 Å². The van der Waals surface area contributed by atoms with Crippen LogP contribution in [0.3, 0.4) is 0 Å². The lowest BCUT2D eigenvalue weighted by Gasteiger charge is -2.21. The van der Waals surface area contributed by atoms with Gasteiger partial charge in [-0.2, -0.15) is 0 Å². The molecule has 0 aliphatic rings. The van der Waals surface area contributed by atoms with Gasteiger partial charge in [-0.05, 0) is 43.5 Å². The number of nitrogens with zero attached hydrogens (tertiary/aromatic N) is 2. The number of aliphatic hydroxyl groups is 1. The zero-order valence-electron chi connectivity index (χ0n) is 11.3. The zero-order valence-corrected chi connectivity index (χ0v) is 11.3. The molecule has 4 nitrogen and oxygen atoms in total. The van der Waals surface area contributed by atoms with Crippen LogP contribution in [-0.4, -0.2) is 30.3 Å². The lowest BCUT2D eigenvalue weighted by atomic mass is 10.1. The van der Waals surface area contributed by atoms with Crippen LogP contribution in [0.2, 0.25) is 0 Å². The molecule has 0 saturated heterocycles. The highest BCUT2D eigenvalue weighted by atomic mass is 16.2. The van der Waals surface area contributed by atoms with E-state index < -0.39 is 0 Å². The first-order valence-electron chi connectivity index (χ1n) is 6.68. The van der Waals surface area contributed by atoms with Crippen LogP contribution >= 0.6 is 0 Å². The molecule has 2 rings (SSSR count). The molecule has 0 saturated carbocycles. The molecule has 0 aliphatic carbocycles. The minimum Gasteiger partial charge on any atom is -0.399 e. The second kappa shape index (κ2) is 6.38. The maximum absolute atomic E-state index is 8.78. The number of hydrogen-bond acceptors (Lipinski definition) is 4. The van der Waals surface area contributed by atoms with E-state index >= 15 is 0 Å². The summed E-state index contributed by atoms with van der Waals surface area (Å²) in [5, 5.41) is 9.91. The summed E-state index contributed by atoms with van der Waals surface area (Å²) >= 11 is 0. The number of nitrogen functional groups attached to an aromatic ring is 1. The number of benzene rings is 1. The number of pyridine rings is 1. The third-order valence-electron chi connectivity index (χ3n) is 3.31. The number of rotatable bonds is 6. The number of nitrogens with two attached hydrogens (primary N) is 1. The van der Waals surface area contributed by atoms with Crippen LogP contribution in [0.15, 0.2) is 30.5 Å². The summed E-state index contributed by atoms with van der Waals surface area (Å²) in [7, 11) is 2.09. The minimum absolute atomic E-state index is 0.279. The number of fused-ring (bicyclic) bond motifs is 1. The molecule has 1 aromatic heterocycles. The van der Waals surface area contributed by atoms with Crippen molar-refractivity contribution < 1.29 is 5.11 Å². The molecule has 102 valence electrons. The van der Waals surface area contributed by atoms with Gasteiger partial charge in [0.2, 0.25) is 0 Å². The Morgan fingerprint density at radius 1 is 1.21 bits per heavy atom. The van der Waals surface area contributed by atoms with E-state index in [0.29, 0.717) is 0 Å². The van der Waals surface area contributed by atoms with Gasteiger partial charge in [0.1, 0.15) is 0 Å². The molecule has 4 heteroatoms. The zero-order chi connectivity index (χ0) is 13.7. The summed E-state index contributed by atoms with van der Waals surface area (Å²) in [5.74, 6) is 0. The molecule has 3 N–H and O–H groups in total. The Kier molecular flexibility index (Phi) is 4.58. The Balaban J connectivity index is 2.15. The van der Waals surface area contributed by atoms with Crippen LogP contribution in [0, 0.1) is 0 Å². The molecular formula is C15H21N3O. The van der Waals surface area contributed by atoms with Crippen molar-refractivity contribution in [3.05, 3.63) is 30.5 Å². The Morgan fingerprint density at radius 2 is 2.05 bits per heavy atom. The van der Waals surface area contributed by atoms with Crippen LogP contribution in [-0.2, 0) is 0 Å². The Bertz CT molecular complexity index is 542. The van der Waals surface area contributed by atoms with Crippen LogP contribution in [0.1, 0.15) is 19.3 Å². The highest BCUT2D eigenvalue weighted by Crippen LogP contribution is 2.26. The molecule has 0 spiro atoms. The SMILES string of the molecule is CN(CCCCCO)c1ccnc2cc(N)ccc12. The lowest BCUT2D eigenvalue weighted by Crippen LogP contribution is -2.18. The first-order chi connectivity index (χ1) is 9.22. The number of hydrogen-bond donors (Lipinski definition) is 2. The molecule has 1 heterocycles. The van der Waals surface area contributed by atoms with Crippen LogP contribution in [0.5, 0.6) is 0 Å². The standard InChI is InChI=1S/C15H21N3O/c1-18(9-3-2-4-10-19)15-7-8-17-14-11-12(16)5-6-13(14)15/h5-8,11,19H,2-4,9-10,16H2,1H3. The largest absolute Gasteiger partial charge is 0.399 e. The van der Waals surface area contributed by atoms with E-state index in [2.05, 4.69) is 16.9 Å². The quantitative estimate of drug-likeness (QED) is 0.618. The third-order valence-corrected chi connectivity index (χ3v) is 3.31. The van der Waals surface area contributed by atoms with Crippen molar-refractivity contribution in [3.63, 3.8) is 0 Å². The Morgan fingerprint density at radius 3 is 2.84 bits per heavy atom. The summed E-state index contributed by atoms with van der Waals surface area (Å²) in [4.78, 5) is 6.59. The fourth-order valence-corrected chi connectivity index (χ4v) is 2.24. The molecule has 0 aliphatic heterocycles. The highest BCUT2D eigenvalue weighted by Gasteiger charge is 2.06. The topological polar surface area (TPSA) is 62.4 Å². The molecule has 0 bridgehead atoms. The van der Waals surface area contributed by atoms with Gasteiger partial charge in [0.05, 0.1) is 5.52 Å². The van der Waals surface area contributed by atoms with E-state index in [4.69, 9.17) is 10.8 Å². The molecule has 0 fully saturated rings. The highest BCUT2D eigenvalue weighted by molar-refractivity contribution is 5.93. The van der Waals surface area contributed by atoms with E-state index in [-0.39, 0.29) is 6.61 Å². The van der Waals surface area contributed by atoms with Gasteiger partial charge in [-0.25, -0.2) is 0 Å². The predicted molar refractivity (Wildman–Crippen MR) is 80.4 cm³/mol. The summed E-state index contributed by atoms with van der Waals surface area (Å²) in [5.41, 5.74) is 8.63. The molecule has 0 amide bonds. The Hall–Kier alpha value is -1.81. The molecule has 19 heavy (non-hydrogen) atoms. The maximum Gasteiger partial charge on any atom is 0.0743 e. The minimum atomic E-state index is 0.279. The van der Waals surface area contributed by atoms with Crippen molar-refractivity contribution in [1.82, 2.24) is 4.98 Å². The number of aromatic nitrogens is 1. The normalized spacial score (nSPS) is 10.8. The first kappa shape index (κ1) is 13.6. The van der Waals surface area contributed by atoms with Crippen molar-refractivity contribution in [3.8, 4) is 0 Å². The lowest BCUT2D eigenvalue weighted by molar-refractivity contribution is 0.283. The van der Waals surface area contributed by atoms with Crippen LogP contribution in [0.25, 0.3) is 10.9 Å². The van der Waals surface area contributed by atoms with Crippen molar-refractivity contribution in [2.75, 3.05) is 30.8 Å². The summed E-state index contributed by atoms with van der Waals surface area (Å²) in [6, 6.07) is 7.87. The van der Waals surface area contributed by atoms with Crippen LogP contribution in [0.4, 0.5) is 11.4 Å². The fourth-order valence-electron chi connectivity index (χ4n) is 2.24. The fraction of sp³-hybridized carbons (Fsp3) is 0.400. The van der Waals surface area contributed by atoms with Gasteiger partial charge in [0, 0.05) is 43.2 Å². The second-order valence-electron chi connectivity index (χ2n) is 4.81. The van der Waals surface area contributed by atoms with Gasteiger partial charge in [-0.1, -0.05) is 0 Å². The smallest absolute Gasteiger partial charge is 0.0743 e. The Labute approximate surface area is 113 Å². The average Bonchev–Trinajstić information content (AvgIpc) is 2.42. The van der Waals surface area contributed by atoms with Crippen molar-refractivity contribution in [2.45, 2.75) is 19.3 Å². The summed E-state index contributed by atoms with van der Waals surface area (Å²) in [6.45, 7) is 1.25. The number of aliphatic hydroxyl groups excluding tert-OH is 1. The van der Waals surface area contributed by atoms with E-state index in [1.807, 2.05) is 30.5 Å². The van der Waals surface area contributed by atoms with Crippen molar-refractivity contribution in [2.24, 2.45) is 0 Å². The molecule has 0 unspecified atom stereocenters. The van der Waals surface area contributed by atoms with Crippen molar-refractivity contribution >= 4 is 22.3 Å². The molecule has 0 atom stereocenters. The van der Waals surface area contributed by atoms with Crippen molar-refractivity contribution in [1.29, 1.82) is 0 Å². The van der Waals surface area contributed by atoms with Gasteiger partial charge in [0.25, 0.3) is 0 Å². The molecule has 1 aromatic carbocycles. The molecule has 2 aromatic rings. The predicted octanol–water partition coefficient (Wildman–Crippen LogP) is 2.42. The first-order valence-corrected chi connectivity index (χ1v) is 6.68. The summed E-state index contributed by atoms with van der Waals surface area (Å²) < 4.78 is 0. The van der Waals surface area contributed by atoms with E-state index in [1.54, 1.807) is 0 Å². The number of anilines is 2. The number of unbranched alkanes of at least 4 members (excludes halogenated alkanes) is 2. The third kappa shape index (κ3) is 3.35.